The zero-order valence-corrected chi connectivity index (χ0v) is 15.6. The number of cyclic esters (lactones) is 1. The molecule has 1 aromatic rings. The van der Waals surface area contributed by atoms with Crippen LogP contribution in [0, 0.1) is 23.7 Å². The van der Waals surface area contributed by atoms with Crippen LogP contribution in [0.1, 0.15) is 32.3 Å². The number of nitrogens with zero attached hydrogens (tertiary/aromatic N) is 2. The van der Waals surface area contributed by atoms with Crippen molar-refractivity contribution in [2.24, 2.45) is 23.7 Å². The first kappa shape index (κ1) is 17.5. The third-order valence-electron chi connectivity index (χ3n) is 6.15. The summed E-state index contributed by atoms with van der Waals surface area (Å²) in [5.41, 5.74) is 1.27. The molecule has 3 fully saturated rings. The van der Waals surface area contributed by atoms with Crippen LogP contribution >= 0.6 is 0 Å². The standard InChI is InChI=1S/C21H28N2O3/c1-14(2)19-13-26-21(25)23(19)20(24)18-12-22(11-17(18)16-8-9-16)10-15-6-4-3-5-7-15/h3-7,14,16-19H,8-13H2,1-2H3/t17-,18-,19-/m1/s1. The minimum atomic E-state index is -0.454. The summed E-state index contributed by atoms with van der Waals surface area (Å²) in [7, 11) is 0. The fourth-order valence-corrected chi connectivity index (χ4v) is 4.51. The van der Waals surface area contributed by atoms with Gasteiger partial charge in [0.1, 0.15) is 6.61 Å². The molecule has 2 aliphatic heterocycles. The van der Waals surface area contributed by atoms with Crippen molar-refractivity contribution in [1.29, 1.82) is 0 Å². The Morgan fingerprint density at radius 2 is 1.92 bits per heavy atom. The Morgan fingerprint density at radius 3 is 2.58 bits per heavy atom. The highest BCUT2D eigenvalue weighted by molar-refractivity contribution is 5.95. The van der Waals surface area contributed by atoms with Gasteiger partial charge in [0, 0.05) is 19.6 Å². The Kier molecular flexibility index (Phi) is 4.74. The summed E-state index contributed by atoms with van der Waals surface area (Å²) in [6.45, 7) is 6.97. The number of likely N-dealkylation sites (tertiary alicyclic amines) is 1. The van der Waals surface area contributed by atoms with Gasteiger partial charge >= 0.3 is 6.09 Å². The molecule has 0 unspecified atom stereocenters. The predicted octanol–water partition coefficient (Wildman–Crippen LogP) is 3.15. The van der Waals surface area contributed by atoms with Gasteiger partial charge in [-0.05, 0) is 36.2 Å². The molecule has 0 aromatic heterocycles. The first-order valence-corrected chi connectivity index (χ1v) is 9.80. The van der Waals surface area contributed by atoms with E-state index >= 15 is 0 Å². The fraction of sp³-hybridized carbons (Fsp3) is 0.619. The van der Waals surface area contributed by atoms with Gasteiger partial charge < -0.3 is 4.74 Å². The van der Waals surface area contributed by atoms with E-state index in [-0.39, 0.29) is 23.8 Å². The van der Waals surface area contributed by atoms with Gasteiger partial charge in [0.05, 0.1) is 12.0 Å². The van der Waals surface area contributed by atoms with Gasteiger partial charge in [-0.3, -0.25) is 9.69 Å². The lowest BCUT2D eigenvalue weighted by Crippen LogP contribution is -2.46. The number of carbonyl (C=O) groups excluding carboxylic acids is 2. The van der Waals surface area contributed by atoms with Crippen molar-refractivity contribution in [2.75, 3.05) is 19.7 Å². The molecule has 140 valence electrons. The highest BCUT2D eigenvalue weighted by Crippen LogP contribution is 2.45. The molecule has 26 heavy (non-hydrogen) atoms. The third kappa shape index (κ3) is 3.37. The minimum absolute atomic E-state index is 0.0151. The van der Waals surface area contributed by atoms with E-state index in [2.05, 4.69) is 29.2 Å². The van der Waals surface area contributed by atoms with Crippen molar-refractivity contribution >= 4 is 12.0 Å². The van der Waals surface area contributed by atoms with E-state index in [1.807, 2.05) is 19.9 Å². The van der Waals surface area contributed by atoms with Crippen LogP contribution in [0.15, 0.2) is 30.3 Å². The van der Waals surface area contributed by atoms with Crippen LogP contribution in [0.25, 0.3) is 0 Å². The van der Waals surface area contributed by atoms with Crippen molar-refractivity contribution in [3.8, 4) is 0 Å². The zero-order valence-electron chi connectivity index (χ0n) is 15.6. The second kappa shape index (κ2) is 7.03. The first-order chi connectivity index (χ1) is 12.5. The van der Waals surface area contributed by atoms with E-state index in [4.69, 9.17) is 4.74 Å². The second-order valence-corrected chi connectivity index (χ2v) is 8.38. The lowest BCUT2D eigenvalue weighted by atomic mass is 9.89. The molecule has 1 saturated carbocycles. The van der Waals surface area contributed by atoms with E-state index in [1.54, 1.807) is 0 Å². The predicted molar refractivity (Wildman–Crippen MR) is 98.2 cm³/mol. The molecule has 2 amide bonds. The number of benzene rings is 1. The normalized spacial score (nSPS) is 29.4. The number of rotatable bonds is 5. The maximum Gasteiger partial charge on any atom is 0.416 e. The van der Waals surface area contributed by atoms with Gasteiger partial charge in [-0.25, -0.2) is 9.69 Å². The highest BCUT2D eigenvalue weighted by atomic mass is 16.6. The minimum Gasteiger partial charge on any atom is -0.447 e. The average Bonchev–Trinajstić information content (AvgIpc) is 3.27. The largest absolute Gasteiger partial charge is 0.447 e. The Bertz CT molecular complexity index is 671. The van der Waals surface area contributed by atoms with Crippen molar-refractivity contribution in [1.82, 2.24) is 9.80 Å². The van der Waals surface area contributed by atoms with E-state index in [9.17, 15) is 9.59 Å². The third-order valence-corrected chi connectivity index (χ3v) is 6.15. The van der Waals surface area contributed by atoms with Gasteiger partial charge in [-0.1, -0.05) is 44.2 Å². The molecule has 1 aromatic carbocycles. The summed E-state index contributed by atoms with van der Waals surface area (Å²) in [6.07, 6.45) is 1.97. The molecule has 4 rings (SSSR count). The van der Waals surface area contributed by atoms with E-state index < -0.39 is 6.09 Å². The lowest BCUT2D eigenvalue weighted by molar-refractivity contribution is -0.135. The lowest BCUT2D eigenvalue weighted by Gasteiger charge is -2.27. The summed E-state index contributed by atoms with van der Waals surface area (Å²) in [5.74, 6) is 1.12. The fourth-order valence-electron chi connectivity index (χ4n) is 4.51. The molecule has 5 heteroatoms. The van der Waals surface area contributed by atoms with Crippen molar-refractivity contribution in [3.63, 3.8) is 0 Å². The molecular formula is C21H28N2O3. The SMILES string of the molecule is CC(C)[C@H]1COC(=O)N1C(=O)[C@@H]1CN(Cc2ccccc2)C[C@@H]1C1CC1. The van der Waals surface area contributed by atoms with Gasteiger partial charge in [0.15, 0.2) is 0 Å². The molecule has 5 nitrogen and oxygen atoms in total. The summed E-state index contributed by atoms with van der Waals surface area (Å²) in [4.78, 5) is 29.3. The molecule has 0 spiro atoms. The van der Waals surface area contributed by atoms with Gasteiger partial charge in [-0.2, -0.15) is 0 Å². The van der Waals surface area contributed by atoms with Crippen LogP contribution in [0.2, 0.25) is 0 Å². The molecule has 3 aliphatic rings. The van der Waals surface area contributed by atoms with Crippen LogP contribution in [-0.4, -0.2) is 47.5 Å². The summed E-state index contributed by atoms with van der Waals surface area (Å²) >= 11 is 0. The summed E-state index contributed by atoms with van der Waals surface area (Å²) in [6, 6.07) is 10.3. The van der Waals surface area contributed by atoms with Crippen LogP contribution in [0.3, 0.4) is 0 Å². The maximum absolute atomic E-state index is 13.3. The Labute approximate surface area is 155 Å². The van der Waals surface area contributed by atoms with Gasteiger partial charge in [0.2, 0.25) is 5.91 Å². The second-order valence-electron chi connectivity index (χ2n) is 8.38. The van der Waals surface area contributed by atoms with Crippen molar-refractivity contribution < 1.29 is 14.3 Å². The van der Waals surface area contributed by atoms with Crippen LogP contribution < -0.4 is 0 Å². The summed E-state index contributed by atoms with van der Waals surface area (Å²) < 4.78 is 5.21. The number of imide groups is 1. The van der Waals surface area contributed by atoms with E-state index in [1.165, 1.54) is 23.3 Å². The first-order valence-electron chi connectivity index (χ1n) is 9.80. The number of hydrogen-bond acceptors (Lipinski definition) is 4. The molecular weight excluding hydrogens is 328 g/mol. The summed E-state index contributed by atoms with van der Waals surface area (Å²) in [5, 5.41) is 0. The molecule has 0 bridgehead atoms. The van der Waals surface area contributed by atoms with Gasteiger partial charge in [-0.15, -0.1) is 0 Å². The molecule has 0 radical (unpaired) electrons. The van der Waals surface area contributed by atoms with Crippen LogP contribution in [-0.2, 0) is 16.1 Å². The maximum atomic E-state index is 13.3. The highest BCUT2D eigenvalue weighted by Gasteiger charge is 2.50. The monoisotopic (exact) mass is 356 g/mol. The van der Waals surface area contributed by atoms with Crippen molar-refractivity contribution in [3.05, 3.63) is 35.9 Å². The zero-order chi connectivity index (χ0) is 18.3. The van der Waals surface area contributed by atoms with Crippen LogP contribution in [0.5, 0.6) is 0 Å². The molecule has 2 saturated heterocycles. The quantitative estimate of drug-likeness (QED) is 0.813. The Balaban J connectivity index is 1.50. The van der Waals surface area contributed by atoms with Gasteiger partial charge in [0.25, 0.3) is 0 Å². The smallest absolute Gasteiger partial charge is 0.416 e. The number of amides is 2. The number of carbonyl (C=O) groups is 2. The number of ether oxygens (including phenoxy) is 1. The molecule has 1 aliphatic carbocycles. The van der Waals surface area contributed by atoms with Crippen molar-refractivity contribution in [2.45, 2.75) is 39.3 Å². The topological polar surface area (TPSA) is 49.9 Å². The van der Waals surface area contributed by atoms with Crippen LogP contribution in [0.4, 0.5) is 4.79 Å². The molecule has 0 N–H and O–H groups in total. The van der Waals surface area contributed by atoms with E-state index in [0.29, 0.717) is 18.4 Å². The number of hydrogen-bond donors (Lipinski definition) is 0. The van der Waals surface area contributed by atoms with E-state index in [0.717, 1.165) is 19.6 Å². The average molecular weight is 356 g/mol. The molecule has 3 atom stereocenters. The molecule has 2 heterocycles. The Morgan fingerprint density at radius 1 is 1.19 bits per heavy atom. The Hall–Kier alpha value is -1.88.